The maximum Gasteiger partial charge on any atom is 0.127 e. The third-order valence-corrected chi connectivity index (χ3v) is 5.86. The lowest BCUT2D eigenvalue weighted by Crippen LogP contribution is -3.28. The van der Waals surface area contributed by atoms with Crippen LogP contribution in [0.2, 0.25) is 0 Å². The topological polar surface area (TPSA) is 38.3 Å². The van der Waals surface area contributed by atoms with E-state index < -0.39 is 0 Å². The minimum atomic E-state index is 0.309. The minimum Gasteiger partial charge on any atom is -0.391 e. The van der Waals surface area contributed by atoms with Crippen molar-refractivity contribution < 1.29 is 19.6 Å². The lowest BCUT2D eigenvalue weighted by molar-refractivity contribution is -1.01. The van der Waals surface area contributed by atoms with Crippen molar-refractivity contribution in [1.82, 2.24) is 0 Å². The summed E-state index contributed by atoms with van der Waals surface area (Å²) in [5, 5.41) is 9.36. The Balaban J connectivity index is 1.64. The molecule has 0 spiro atoms. The van der Waals surface area contributed by atoms with E-state index in [1.54, 1.807) is 9.80 Å². The molecule has 1 heterocycles. The van der Waals surface area contributed by atoms with Crippen molar-refractivity contribution in [2.24, 2.45) is 11.3 Å². The van der Waals surface area contributed by atoms with Gasteiger partial charge in [0.2, 0.25) is 0 Å². The van der Waals surface area contributed by atoms with E-state index >= 15 is 0 Å². The molecule has 0 amide bonds. The van der Waals surface area contributed by atoms with Crippen LogP contribution in [0.1, 0.15) is 40.0 Å². The molecular weight excluding hydrogens is 308 g/mol. The summed E-state index contributed by atoms with van der Waals surface area (Å²) in [5.41, 5.74) is 0.422. The Hall–Kier alpha value is 0.190. The molecule has 0 unspecified atom stereocenters. The monoisotopic (exact) mass is 346 g/mol. The van der Waals surface area contributed by atoms with E-state index in [1.807, 2.05) is 0 Å². The summed E-state index contributed by atoms with van der Waals surface area (Å²) in [5.74, 6) is 0.773. The highest BCUT2D eigenvalue weighted by Crippen LogP contribution is 2.39. The van der Waals surface area contributed by atoms with Crippen molar-refractivity contribution in [3.8, 4) is 0 Å². The van der Waals surface area contributed by atoms with Crippen LogP contribution in [0.3, 0.4) is 0 Å². The number of aliphatic hydroxyl groups excluding tert-OH is 1. The fraction of sp³-hybridized carbons (Fsp3) is 1.00. The van der Waals surface area contributed by atoms with Gasteiger partial charge in [-0.2, -0.15) is 12.6 Å². The molecule has 0 bridgehead atoms. The molecule has 0 aromatic heterocycles. The van der Waals surface area contributed by atoms with Gasteiger partial charge in [0, 0.05) is 0 Å². The predicted molar refractivity (Wildman–Crippen MR) is 97.5 cm³/mol. The molecule has 2 aliphatic rings. The lowest BCUT2D eigenvalue weighted by atomic mass is 9.71. The molecule has 1 aliphatic carbocycles. The van der Waals surface area contributed by atoms with Crippen LogP contribution in [0.25, 0.3) is 0 Å². The Labute approximate surface area is 148 Å². The number of aliphatic hydroxyl groups is 1. The zero-order valence-corrected chi connectivity index (χ0v) is 16.2. The van der Waals surface area contributed by atoms with Gasteiger partial charge in [0.1, 0.15) is 32.7 Å². The van der Waals surface area contributed by atoms with Gasteiger partial charge < -0.3 is 19.6 Å². The maximum atomic E-state index is 9.02. The van der Waals surface area contributed by atoms with Crippen molar-refractivity contribution in [2.75, 3.05) is 52.5 Å². The number of rotatable bonds is 7. The van der Waals surface area contributed by atoms with Gasteiger partial charge in [0.15, 0.2) is 0 Å². The van der Waals surface area contributed by atoms with Crippen LogP contribution in [-0.4, -0.2) is 68.9 Å². The molecule has 23 heavy (non-hydrogen) atoms. The van der Waals surface area contributed by atoms with Gasteiger partial charge >= 0.3 is 0 Å². The van der Waals surface area contributed by atoms with E-state index in [4.69, 9.17) is 22.5 Å². The molecule has 5 heteroatoms. The van der Waals surface area contributed by atoms with E-state index in [2.05, 4.69) is 20.8 Å². The Kier molecular flexibility index (Phi) is 7.67. The Morgan fingerprint density at radius 1 is 1.17 bits per heavy atom. The van der Waals surface area contributed by atoms with Crippen LogP contribution in [-0.2, 0) is 4.74 Å². The second-order valence-corrected chi connectivity index (χ2v) is 9.43. The highest BCUT2D eigenvalue weighted by atomic mass is 32.1. The fourth-order valence-corrected chi connectivity index (χ4v) is 4.94. The van der Waals surface area contributed by atoms with E-state index in [0.29, 0.717) is 23.4 Å². The Morgan fingerprint density at radius 3 is 2.43 bits per heavy atom. The Bertz CT molecular complexity index is 346. The number of piperazine rings is 1. The molecule has 3 atom stereocenters. The lowest BCUT2D eigenvalue weighted by Gasteiger charge is -2.39. The molecule has 4 nitrogen and oxygen atoms in total. The molecule has 2 rings (SSSR count). The molecule has 1 aliphatic heterocycles. The summed E-state index contributed by atoms with van der Waals surface area (Å²) in [6, 6.07) is 0. The van der Waals surface area contributed by atoms with Crippen LogP contribution in [0.4, 0.5) is 0 Å². The summed E-state index contributed by atoms with van der Waals surface area (Å²) in [6.45, 7) is 14.9. The molecule has 0 radical (unpaired) electrons. The third kappa shape index (κ3) is 6.91. The molecule has 1 saturated carbocycles. The number of ether oxygens (including phenoxy) is 1. The molecule has 3 N–H and O–H groups in total. The average Bonchev–Trinajstić information content (AvgIpc) is 2.45. The number of hydrogen-bond donors (Lipinski definition) is 4. The van der Waals surface area contributed by atoms with Crippen LogP contribution >= 0.6 is 12.6 Å². The normalized spacial score (nSPS) is 35.9. The van der Waals surface area contributed by atoms with E-state index in [1.165, 1.54) is 45.4 Å². The number of quaternary nitrogens is 2. The van der Waals surface area contributed by atoms with Crippen LogP contribution in [0, 0.1) is 11.3 Å². The zero-order valence-electron chi connectivity index (χ0n) is 15.3. The minimum absolute atomic E-state index is 0.309. The first-order valence-corrected chi connectivity index (χ1v) is 9.97. The van der Waals surface area contributed by atoms with E-state index in [-0.39, 0.29) is 0 Å². The van der Waals surface area contributed by atoms with Gasteiger partial charge in [-0.15, -0.1) is 0 Å². The van der Waals surface area contributed by atoms with Crippen molar-refractivity contribution in [2.45, 2.75) is 51.4 Å². The van der Waals surface area contributed by atoms with Crippen molar-refractivity contribution in [3.63, 3.8) is 0 Å². The molecule has 0 aromatic carbocycles. The molecule has 1 saturated heterocycles. The number of nitrogens with one attached hydrogen (secondary N) is 2. The van der Waals surface area contributed by atoms with Gasteiger partial charge in [-0.05, 0) is 30.6 Å². The largest absolute Gasteiger partial charge is 0.391 e. The van der Waals surface area contributed by atoms with E-state index in [0.717, 1.165) is 25.6 Å². The van der Waals surface area contributed by atoms with Crippen molar-refractivity contribution in [1.29, 1.82) is 0 Å². The quantitative estimate of drug-likeness (QED) is 0.460. The first-order chi connectivity index (χ1) is 10.9. The molecule has 0 aromatic rings. The van der Waals surface area contributed by atoms with Crippen LogP contribution < -0.4 is 9.80 Å². The highest BCUT2D eigenvalue weighted by molar-refractivity contribution is 7.81. The highest BCUT2D eigenvalue weighted by Gasteiger charge is 2.33. The van der Waals surface area contributed by atoms with Gasteiger partial charge in [0.25, 0.3) is 0 Å². The summed E-state index contributed by atoms with van der Waals surface area (Å²) in [7, 11) is 0. The number of thiol groups is 1. The van der Waals surface area contributed by atoms with Gasteiger partial charge in [-0.3, -0.25) is 0 Å². The number of hydrogen-bond acceptors (Lipinski definition) is 3. The molecule has 2 fully saturated rings. The second kappa shape index (κ2) is 9.04. The maximum absolute atomic E-state index is 9.02. The second-order valence-electron chi connectivity index (χ2n) is 8.70. The zero-order chi connectivity index (χ0) is 16.9. The van der Waals surface area contributed by atoms with Gasteiger partial charge in [-0.1, -0.05) is 20.8 Å². The van der Waals surface area contributed by atoms with E-state index in [9.17, 15) is 0 Å². The Morgan fingerprint density at radius 2 is 1.83 bits per heavy atom. The first kappa shape index (κ1) is 19.5. The summed E-state index contributed by atoms with van der Waals surface area (Å²) in [4.78, 5) is 3.19. The predicted octanol–water partition coefficient (Wildman–Crippen LogP) is -0.708. The average molecular weight is 347 g/mol. The third-order valence-electron chi connectivity index (χ3n) is 5.52. The summed E-state index contributed by atoms with van der Waals surface area (Å²) < 4.78 is 6.22. The van der Waals surface area contributed by atoms with Gasteiger partial charge in [0.05, 0.1) is 31.1 Å². The summed E-state index contributed by atoms with van der Waals surface area (Å²) in [6.07, 6.45) is 4.14. The van der Waals surface area contributed by atoms with Crippen LogP contribution in [0.15, 0.2) is 0 Å². The standard InChI is InChI=1S/C18H36N2O2S/c1-15-10-16(12-18(2,3)11-15)22-14-17(23)13-20-6-4-19(5-7-20)8-9-21/h15-17,21,23H,4-14H2,1-3H3/p+2/t15-,16+,17+/m0/s1. The molecular formula is C18H38N2O2S+2. The smallest absolute Gasteiger partial charge is 0.127 e. The van der Waals surface area contributed by atoms with Crippen molar-refractivity contribution in [3.05, 3.63) is 0 Å². The SMILES string of the molecule is C[C@H]1C[C@@H](OC[C@H](S)C[NH+]2CC[NH+](CCO)CC2)CC(C)(C)C1. The van der Waals surface area contributed by atoms with Crippen LogP contribution in [0.5, 0.6) is 0 Å². The van der Waals surface area contributed by atoms with Gasteiger partial charge in [-0.25, -0.2) is 0 Å². The van der Waals surface area contributed by atoms with Crippen molar-refractivity contribution >= 4 is 12.6 Å². The summed E-state index contributed by atoms with van der Waals surface area (Å²) >= 11 is 4.78. The first-order valence-electron chi connectivity index (χ1n) is 9.45. The molecule has 136 valence electrons. The fourth-order valence-electron chi connectivity index (χ4n) is 4.59.